The lowest BCUT2D eigenvalue weighted by atomic mass is 9.81. The monoisotopic (exact) mass is 591 g/mol. The van der Waals surface area contributed by atoms with E-state index in [1.165, 1.54) is 4.57 Å². The van der Waals surface area contributed by atoms with Crippen molar-refractivity contribution in [2.75, 3.05) is 11.4 Å². The molecule has 2 N–H and O–H groups in total. The highest BCUT2D eigenvalue weighted by molar-refractivity contribution is 7.11. The molecule has 5 rings (SSSR count). The van der Waals surface area contributed by atoms with Gasteiger partial charge in [-0.3, -0.25) is 28.3 Å². The molecule has 0 spiro atoms. The fourth-order valence-electron chi connectivity index (χ4n) is 5.53. The minimum Gasteiger partial charge on any atom is -0.481 e. The number of aromatic nitrogens is 2. The van der Waals surface area contributed by atoms with Gasteiger partial charge in [0.05, 0.1) is 15.6 Å². The zero-order valence-corrected chi connectivity index (χ0v) is 24.5. The predicted molar refractivity (Wildman–Crippen MR) is 162 cm³/mol. The van der Waals surface area contributed by atoms with Crippen LogP contribution in [0.15, 0.2) is 57.8 Å². The molecule has 0 unspecified atom stereocenters. The number of hydrogen-bond donors (Lipinski definition) is 2. The molecule has 1 aliphatic rings. The van der Waals surface area contributed by atoms with Crippen LogP contribution in [0.5, 0.6) is 0 Å². The molecular weight excluding hydrogens is 562 g/mol. The summed E-state index contributed by atoms with van der Waals surface area (Å²) in [5.41, 5.74) is 1.43. The molecule has 0 aliphatic carbocycles. The van der Waals surface area contributed by atoms with Gasteiger partial charge in [-0.05, 0) is 41.5 Å². The average Bonchev–Trinajstić information content (AvgIpc) is 3.46. The van der Waals surface area contributed by atoms with Gasteiger partial charge in [0.1, 0.15) is 15.7 Å². The molecule has 0 bridgehead atoms. The van der Waals surface area contributed by atoms with E-state index < -0.39 is 29.5 Å². The minimum absolute atomic E-state index is 0.0796. The van der Waals surface area contributed by atoms with E-state index in [0.717, 1.165) is 55.0 Å². The molecular formula is C30H29N3O6S2. The highest BCUT2D eigenvalue weighted by Crippen LogP contribution is 2.50. The van der Waals surface area contributed by atoms with Crippen LogP contribution in [0.2, 0.25) is 0 Å². The third kappa shape index (κ3) is 4.85. The molecule has 9 nitrogen and oxygen atoms in total. The summed E-state index contributed by atoms with van der Waals surface area (Å²) in [6.07, 6.45) is 3.37. The lowest BCUT2D eigenvalue weighted by molar-refractivity contribution is -0.138. The van der Waals surface area contributed by atoms with Gasteiger partial charge >= 0.3 is 11.9 Å². The maximum absolute atomic E-state index is 13.5. The third-order valence-electron chi connectivity index (χ3n) is 7.37. The number of thiazole rings is 2. The van der Waals surface area contributed by atoms with E-state index in [-0.39, 0.29) is 32.3 Å². The maximum Gasteiger partial charge on any atom is 0.323 e. The predicted octanol–water partition coefficient (Wildman–Crippen LogP) is 3.02. The largest absolute Gasteiger partial charge is 0.481 e. The van der Waals surface area contributed by atoms with Crippen molar-refractivity contribution in [3.05, 3.63) is 92.8 Å². The highest BCUT2D eigenvalue weighted by Gasteiger charge is 2.41. The molecule has 0 atom stereocenters. The molecule has 212 valence electrons. The number of hydrogen-bond acceptors (Lipinski definition) is 7. The second-order valence-electron chi connectivity index (χ2n) is 10.3. The zero-order valence-electron chi connectivity index (χ0n) is 22.8. The number of allylic oxidation sites excluding steroid dienone is 2. The van der Waals surface area contributed by atoms with Crippen LogP contribution in [0.25, 0.3) is 23.4 Å². The fraction of sp³-hybridized carbons (Fsp3) is 0.267. The van der Waals surface area contributed by atoms with E-state index in [2.05, 4.69) is 26.5 Å². The molecule has 0 saturated heterocycles. The van der Waals surface area contributed by atoms with E-state index in [0.29, 0.717) is 11.2 Å². The first kappa shape index (κ1) is 28.3. The van der Waals surface area contributed by atoms with Crippen molar-refractivity contribution in [3.8, 4) is 0 Å². The van der Waals surface area contributed by atoms with Crippen molar-refractivity contribution in [1.82, 2.24) is 9.13 Å². The quantitative estimate of drug-likeness (QED) is 0.339. The zero-order chi connectivity index (χ0) is 29.6. The van der Waals surface area contributed by atoms with Crippen molar-refractivity contribution >= 4 is 63.7 Å². The third-order valence-corrected chi connectivity index (χ3v) is 9.67. The van der Waals surface area contributed by atoms with Gasteiger partial charge in [-0.2, -0.15) is 0 Å². The molecule has 41 heavy (non-hydrogen) atoms. The Morgan fingerprint density at radius 3 is 2.37 bits per heavy atom. The average molecular weight is 592 g/mol. The van der Waals surface area contributed by atoms with Gasteiger partial charge in [-0.1, -0.05) is 50.8 Å². The summed E-state index contributed by atoms with van der Waals surface area (Å²) in [6.45, 7) is 9.93. The standard InChI is InChI=1S/C30H29N3O6S2/c1-5-31-17(2)40-26(28(31)39)29-33(16-24(36)37)27(38)21(41-29)12-13-22-30(3,4)25-19-9-7-6-8-18(19)10-11-20(25)32(22)15-14-23(34)35/h6-13H,2,5,14-16H2,1,3-4H3,(H,34,35)(H,36,37)/b21-12?,22-13?,29-26-. The van der Waals surface area contributed by atoms with Gasteiger partial charge in [0.15, 0.2) is 0 Å². The number of carboxylic acids is 2. The molecule has 1 aliphatic heterocycles. The van der Waals surface area contributed by atoms with Gasteiger partial charge in [0.25, 0.3) is 11.1 Å². The molecule has 11 heteroatoms. The normalized spacial score (nSPS) is 16.5. The first-order valence-corrected chi connectivity index (χ1v) is 14.7. The maximum atomic E-state index is 13.5. The summed E-state index contributed by atoms with van der Waals surface area (Å²) in [5.74, 6) is -2.12. The lowest BCUT2D eigenvalue weighted by Crippen LogP contribution is -2.30. The topological polar surface area (TPSA) is 122 Å². The first-order valence-electron chi connectivity index (χ1n) is 13.0. The van der Waals surface area contributed by atoms with Crippen LogP contribution in [-0.2, 0) is 28.1 Å². The molecule has 0 fully saturated rings. The second-order valence-corrected chi connectivity index (χ2v) is 12.4. The number of carbonyl (C=O) groups is 2. The number of aliphatic carboxylic acids is 2. The van der Waals surface area contributed by atoms with Gasteiger partial charge in [0.2, 0.25) is 0 Å². The number of anilines is 1. The van der Waals surface area contributed by atoms with Crippen LogP contribution < -0.4 is 25.2 Å². The molecule has 0 amide bonds. The highest BCUT2D eigenvalue weighted by atomic mass is 32.1. The molecule has 4 aromatic rings. The Morgan fingerprint density at radius 2 is 1.71 bits per heavy atom. The molecule has 0 radical (unpaired) electrons. The summed E-state index contributed by atoms with van der Waals surface area (Å²) >= 11 is 2.19. The second kappa shape index (κ2) is 10.6. The fourth-order valence-corrected chi connectivity index (χ4v) is 7.71. The Morgan fingerprint density at radius 1 is 0.976 bits per heavy atom. The minimum atomic E-state index is -1.20. The van der Waals surface area contributed by atoms with Crippen molar-refractivity contribution in [2.24, 2.45) is 0 Å². The first-order chi connectivity index (χ1) is 19.4. The van der Waals surface area contributed by atoms with Crippen LogP contribution in [0.1, 0.15) is 32.8 Å². The Hall–Kier alpha value is -4.22. The summed E-state index contributed by atoms with van der Waals surface area (Å²) in [7, 11) is 0. The molecule has 2 aromatic heterocycles. The summed E-state index contributed by atoms with van der Waals surface area (Å²) in [5, 5.41) is 21.1. The summed E-state index contributed by atoms with van der Waals surface area (Å²) in [4.78, 5) is 51.7. The summed E-state index contributed by atoms with van der Waals surface area (Å²) < 4.78 is 3.95. The number of nitrogens with zero attached hydrogens (tertiary/aromatic N) is 3. The van der Waals surface area contributed by atoms with Crippen LogP contribution in [0.3, 0.4) is 0 Å². The molecule has 3 heterocycles. The Labute approximate surface area is 242 Å². The molecule has 2 aromatic carbocycles. The van der Waals surface area contributed by atoms with Gasteiger partial charge in [0, 0.05) is 29.9 Å². The number of rotatable bonds is 7. The Kier molecular flexibility index (Phi) is 7.35. The van der Waals surface area contributed by atoms with E-state index in [1.54, 1.807) is 6.08 Å². The van der Waals surface area contributed by atoms with E-state index in [4.69, 9.17) is 0 Å². The van der Waals surface area contributed by atoms with Crippen molar-refractivity contribution < 1.29 is 19.8 Å². The lowest BCUT2D eigenvalue weighted by Gasteiger charge is -2.26. The van der Waals surface area contributed by atoms with Crippen molar-refractivity contribution in [3.63, 3.8) is 0 Å². The van der Waals surface area contributed by atoms with Crippen LogP contribution >= 0.6 is 22.7 Å². The van der Waals surface area contributed by atoms with E-state index >= 15 is 0 Å². The van der Waals surface area contributed by atoms with Gasteiger partial charge < -0.3 is 15.1 Å². The summed E-state index contributed by atoms with van der Waals surface area (Å²) in [6, 6.07) is 12.0. The number of fused-ring (bicyclic) bond motifs is 3. The smallest absolute Gasteiger partial charge is 0.323 e. The Bertz CT molecular complexity index is 2080. The number of carboxylic acid groups (broad SMARTS) is 2. The van der Waals surface area contributed by atoms with Crippen LogP contribution in [0.4, 0.5) is 5.69 Å². The number of benzene rings is 2. The van der Waals surface area contributed by atoms with Crippen molar-refractivity contribution in [2.45, 2.75) is 45.7 Å². The van der Waals surface area contributed by atoms with Crippen LogP contribution in [-0.4, -0.2) is 37.8 Å². The Balaban J connectivity index is 1.78. The van der Waals surface area contributed by atoms with Crippen LogP contribution in [0, 0.1) is 9.20 Å². The van der Waals surface area contributed by atoms with E-state index in [9.17, 15) is 29.4 Å². The van der Waals surface area contributed by atoms with Crippen molar-refractivity contribution in [1.29, 1.82) is 0 Å². The van der Waals surface area contributed by atoms with Gasteiger partial charge in [-0.15, -0.1) is 22.7 Å². The van der Waals surface area contributed by atoms with E-state index in [1.807, 2.05) is 48.2 Å². The molecule has 0 saturated carbocycles. The van der Waals surface area contributed by atoms with Gasteiger partial charge in [-0.25, -0.2) is 0 Å². The SMILES string of the molecule is C=c1s/c(=c2\sc(=CC=C3N(CCC(=O)O)c4ccc5ccccc5c4C3(C)C)c(=O)n2CC(=O)O)c(=O)n1CC.